The lowest BCUT2D eigenvalue weighted by Crippen LogP contribution is -2.40. The molecule has 6 nitrogen and oxygen atoms in total. The molecule has 22 heavy (non-hydrogen) atoms. The van der Waals surface area contributed by atoms with Crippen molar-refractivity contribution in [1.29, 1.82) is 5.26 Å². The standard InChI is InChI=1S/C16H18N4O2/c17-7-13-3-1-2-4-16(13)22-11-15(21)10-19-5-6-20-12-18-8-14(20)9-19/h1-4,8,12,15,21H,5-6,9-11H2. The third-order valence-corrected chi connectivity index (χ3v) is 3.75. The van der Waals surface area contributed by atoms with Gasteiger partial charge in [-0.25, -0.2) is 4.98 Å². The third kappa shape index (κ3) is 3.27. The second-order valence-electron chi connectivity index (χ2n) is 5.39. The maximum atomic E-state index is 10.2. The van der Waals surface area contributed by atoms with Crippen LogP contribution in [0.1, 0.15) is 11.3 Å². The van der Waals surface area contributed by atoms with Gasteiger partial charge in [0.2, 0.25) is 0 Å². The molecule has 1 atom stereocenters. The largest absolute Gasteiger partial charge is 0.489 e. The Morgan fingerprint density at radius 2 is 2.23 bits per heavy atom. The Hall–Kier alpha value is -2.36. The molecule has 0 aliphatic carbocycles. The number of ether oxygens (including phenoxy) is 1. The molecule has 2 aromatic rings. The molecule has 1 aliphatic heterocycles. The van der Waals surface area contributed by atoms with Gasteiger partial charge in [0.25, 0.3) is 0 Å². The SMILES string of the molecule is N#Cc1ccccc1OCC(O)CN1CCn2cncc2C1. The summed E-state index contributed by atoms with van der Waals surface area (Å²) in [5.41, 5.74) is 1.64. The van der Waals surface area contributed by atoms with Gasteiger partial charge in [0.15, 0.2) is 0 Å². The van der Waals surface area contributed by atoms with Crippen LogP contribution in [0.4, 0.5) is 0 Å². The maximum absolute atomic E-state index is 10.2. The molecule has 2 heterocycles. The zero-order valence-electron chi connectivity index (χ0n) is 12.2. The molecule has 1 aromatic heterocycles. The highest BCUT2D eigenvalue weighted by Crippen LogP contribution is 2.17. The number of nitriles is 1. The van der Waals surface area contributed by atoms with E-state index >= 15 is 0 Å². The highest BCUT2D eigenvalue weighted by atomic mass is 16.5. The average Bonchev–Trinajstić information content (AvgIpc) is 3.01. The van der Waals surface area contributed by atoms with E-state index in [1.165, 1.54) is 0 Å². The fourth-order valence-corrected chi connectivity index (χ4v) is 2.62. The molecule has 0 radical (unpaired) electrons. The van der Waals surface area contributed by atoms with E-state index in [2.05, 4.69) is 20.5 Å². The van der Waals surface area contributed by atoms with Gasteiger partial charge in [-0.1, -0.05) is 12.1 Å². The van der Waals surface area contributed by atoms with Gasteiger partial charge >= 0.3 is 0 Å². The zero-order valence-corrected chi connectivity index (χ0v) is 12.2. The molecule has 0 saturated heterocycles. The minimum absolute atomic E-state index is 0.175. The Morgan fingerprint density at radius 1 is 1.36 bits per heavy atom. The molecule has 0 amide bonds. The number of fused-ring (bicyclic) bond motifs is 1. The Bertz CT molecular complexity index is 677. The number of rotatable bonds is 5. The van der Waals surface area contributed by atoms with E-state index in [-0.39, 0.29) is 6.61 Å². The summed E-state index contributed by atoms with van der Waals surface area (Å²) in [5.74, 6) is 0.515. The minimum atomic E-state index is -0.596. The van der Waals surface area contributed by atoms with Crippen LogP contribution in [0, 0.1) is 11.3 Å². The van der Waals surface area contributed by atoms with Crippen molar-refractivity contribution in [2.24, 2.45) is 0 Å². The first kappa shape index (κ1) is 14.6. The normalized spacial score (nSPS) is 15.8. The maximum Gasteiger partial charge on any atom is 0.137 e. The van der Waals surface area contributed by atoms with E-state index in [1.54, 1.807) is 18.2 Å². The minimum Gasteiger partial charge on any atom is -0.489 e. The number of aliphatic hydroxyl groups excluding tert-OH is 1. The Kier molecular flexibility index (Phi) is 4.37. The molecule has 1 N–H and O–H groups in total. The molecular weight excluding hydrogens is 280 g/mol. The molecule has 6 heteroatoms. The van der Waals surface area contributed by atoms with E-state index in [4.69, 9.17) is 10.00 Å². The second-order valence-corrected chi connectivity index (χ2v) is 5.39. The highest BCUT2D eigenvalue weighted by Gasteiger charge is 2.19. The summed E-state index contributed by atoms with van der Waals surface area (Å²) in [4.78, 5) is 6.31. The number of nitrogens with zero attached hydrogens (tertiary/aromatic N) is 4. The van der Waals surface area contributed by atoms with Crippen molar-refractivity contribution in [3.63, 3.8) is 0 Å². The van der Waals surface area contributed by atoms with Crippen molar-refractivity contribution in [1.82, 2.24) is 14.5 Å². The molecule has 0 spiro atoms. The zero-order chi connectivity index (χ0) is 15.4. The monoisotopic (exact) mass is 298 g/mol. The predicted octanol–water partition coefficient (Wildman–Crippen LogP) is 1.01. The molecule has 1 aliphatic rings. The quantitative estimate of drug-likeness (QED) is 0.891. The number of hydrogen-bond acceptors (Lipinski definition) is 5. The van der Waals surface area contributed by atoms with Crippen LogP contribution < -0.4 is 4.74 Å². The topological polar surface area (TPSA) is 74.3 Å². The number of para-hydroxylation sites is 1. The third-order valence-electron chi connectivity index (χ3n) is 3.75. The number of aliphatic hydroxyl groups is 1. The van der Waals surface area contributed by atoms with Gasteiger partial charge in [-0.15, -0.1) is 0 Å². The Morgan fingerprint density at radius 3 is 3.09 bits per heavy atom. The van der Waals surface area contributed by atoms with Crippen LogP contribution in [0.3, 0.4) is 0 Å². The summed E-state index contributed by atoms with van der Waals surface area (Å²) in [7, 11) is 0. The summed E-state index contributed by atoms with van der Waals surface area (Å²) in [5, 5.41) is 19.2. The van der Waals surface area contributed by atoms with Crippen LogP contribution in [-0.4, -0.2) is 45.4 Å². The van der Waals surface area contributed by atoms with Gasteiger partial charge in [0, 0.05) is 32.4 Å². The number of benzene rings is 1. The van der Waals surface area contributed by atoms with Gasteiger partial charge in [0.05, 0.1) is 17.6 Å². The lowest BCUT2D eigenvalue weighted by molar-refractivity contribution is 0.0589. The van der Waals surface area contributed by atoms with Crippen LogP contribution >= 0.6 is 0 Å². The summed E-state index contributed by atoms with van der Waals surface area (Å²) in [6.45, 7) is 3.27. The molecule has 3 rings (SSSR count). The highest BCUT2D eigenvalue weighted by molar-refractivity contribution is 5.42. The molecule has 1 aromatic carbocycles. The fourth-order valence-electron chi connectivity index (χ4n) is 2.62. The number of aromatic nitrogens is 2. The van der Waals surface area contributed by atoms with Crippen molar-refractivity contribution in [3.05, 3.63) is 48.0 Å². The molecule has 0 saturated carbocycles. The number of hydrogen-bond donors (Lipinski definition) is 1. The van der Waals surface area contributed by atoms with Crippen molar-refractivity contribution < 1.29 is 9.84 Å². The lowest BCUT2D eigenvalue weighted by atomic mass is 10.2. The van der Waals surface area contributed by atoms with Gasteiger partial charge < -0.3 is 14.4 Å². The lowest BCUT2D eigenvalue weighted by Gasteiger charge is -2.29. The summed E-state index contributed by atoms with van der Waals surface area (Å²) in [6, 6.07) is 9.13. The Balaban J connectivity index is 1.51. The first-order chi connectivity index (χ1) is 10.8. The van der Waals surface area contributed by atoms with Gasteiger partial charge in [0.1, 0.15) is 24.5 Å². The second kappa shape index (κ2) is 6.60. The van der Waals surface area contributed by atoms with Crippen molar-refractivity contribution in [2.75, 3.05) is 19.7 Å². The van der Waals surface area contributed by atoms with Crippen LogP contribution in [0.2, 0.25) is 0 Å². The van der Waals surface area contributed by atoms with E-state index in [9.17, 15) is 5.11 Å². The van der Waals surface area contributed by atoms with Crippen molar-refractivity contribution in [3.8, 4) is 11.8 Å². The van der Waals surface area contributed by atoms with Gasteiger partial charge in [-0.3, -0.25) is 4.90 Å². The van der Waals surface area contributed by atoms with Crippen molar-refractivity contribution in [2.45, 2.75) is 19.2 Å². The van der Waals surface area contributed by atoms with Gasteiger partial charge in [-0.05, 0) is 12.1 Å². The smallest absolute Gasteiger partial charge is 0.137 e. The number of imidazole rings is 1. The Labute approximate surface area is 129 Å². The summed E-state index contributed by atoms with van der Waals surface area (Å²) < 4.78 is 7.70. The van der Waals surface area contributed by atoms with Crippen LogP contribution in [0.15, 0.2) is 36.8 Å². The van der Waals surface area contributed by atoms with Gasteiger partial charge in [-0.2, -0.15) is 5.26 Å². The summed E-state index contributed by atoms with van der Waals surface area (Å²) >= 11 is 0. The van der Waals surface area contributed by atoms with Crippen LogP contribution in [0.5, 0.6) is 5.75 Å². The first-order valence-corrected chi connectivity index (χ1v) is 7.27. The first-order valence-electron chi connectivity index (χ1n) is 7.27. The molecule has 0 bridgehead atoms. The molecule has 0 fully saturated rings. The predicted molar refractivity (Wildman–Crippen MR) is 80.2 cm³/mol. The molecule has 1 unspecified atom stereocenters. The van der Waals surface area contributed by atoms with Crippen LogP contribution in [0.25, 0.3) is 0 Å². The van der Waals surface area contributed by atoms with Crippen LogP contribution in [-0.2, 0) is 13.1 Å². The average molecular weight is 298 g/mol. The van der Waals surface area contributed by atoms with Crippen molar-refractivity contribution >= 4 is 0 Å². The number of β-amino-alcohol motifs (C(OH)–C–C–N with tert-alkyl or cyclic N) is 1. The molecular formula is C16H18N4O2. The van der Waals surface area contributed by atoms with E-state index in [0.717, 1.165) is 25.3 Å². The van der Waals surface area contributed by atoms with E-state index < -0.39 is 6.10 Å². The van der Waals surface area contributed by atoms with E-state index in [1.807, 2.05) is 18.6 Å². The summed E-state index contributed by atoms with van der Waals surface area (Å²) in [6.07, 6.45) is 3.10. The fraction of sp³-hybridized carbons (Fsp3) is 0.375. The molecule has 114 valence electrons. The van der Waals surface area contributed by atoms with E-state index in [0.29, 0.717) is 17.9 Å².